The molecule has 0 aliphatic carbocycles. The summed E-state index contributed by atoms with van der Waals surface area (Å²) in [5.74, 6) is 0. The summed E-state index contributed by atoms with van der Waals surface area (Å²) in [6.07, 6.45) is -4.15. The third-order valence-electron chi connectivity index (χ3n) is 3.08. The first-order valence-electron chi connectivity index (χ1n) is 6.22. The highest BCUT2D eigenvalue weighted by molar-refractivity contribution is 5.67. The molecule has 11 heteroatoms. The zero-order valence-electron chi connectivity index (χ0n) is 11.1. The van der Waals surface area contributed by atoms with E-state index >= 15 is 0 Å². The van der Waals surface area contributed by atoms with Gasteiger partial charge >= 0.3 is 5.69 Å². The lowest BCUT2D eigenvalue weighted by atomic mass is 10.1. The maximum Gasteiger partial charge on any atom is 0.327 e. The molecule has 0 spiro atoms. The summed E-state index contributed by atoms with van der Waals surface area (Å²) in [5.41, 5.74) is -2.89. The first-order chi connectivity index (χ1) is 10.3. The minimum absolute atomic E-state index is 0.231. The van der Waals surface area contributed by atoms with Crippen molar-refractivity contribution in [2.45, 2.75) is 24.9 Å². The molecule has 0 fully saturated rings. The van der Waals surface area contributed by atoms with Crippen molar-refractivity contribution in [3.05, 3.63) is 37.4 Å². The molecule has 0 bridgehead atoms. The average Bonchev–Trinajstić information content (AvgIpc) is 2.48. The summed E-state index contributed by atoms with van der Waals surface area (Å²) >= 11 is 0. The van der Waals surface area contributed by atoms with Gasteiger partial charge in [0.25, 0.3) is 11.1 Å². The van der Waals surface area contributed by atoms with Gasteiger partial charge in [-0.1, -0.05) is 0 Å². The van der Waals surface area contributed by atoms with Gasteiger partial charge in [0.05, 0.1) is 19.3 Å². The smallest absolute Gasteiger partial charge is 0.327 e. The molecule has 2 rings (SSSR count). The fourth-order valence-corrected chi connectivity index (χ4v) is 1.92. The van der Waals surface area contributed by atoms with Gasteiger partial charge in [0.15, 0.2) is 5.52 Å². The Morgan fingerprint density at radius 3 is 2.45 bits per heavy atom. The van der Waals surface area contributed by atoms with Crippen LogP contribution < -0.4 is 16.8 Å². The standard InChI is InChI=1S/C11H14N4O7/c16-3-5(18)8(20)4(17)2-15-6(19)1-12-7-9(15)13-11(22)14-10(7)21/h1,4-5,8,16-18,20H,2-3H2,(H2,13,14,21,22). The molecule has 6 N–H and O–H groups in total. The number of aliphatic hydroxyl groups is 4. The predicted octanol–water partition coefficient (Wildman–Crippen LogP) is -4.15. The Bertz CT molecular complexity index is 839. The van der Waals surface area contributed by atoms with Crippen LogP contribution in [-0.2, 0) is 6.54 Å². The number of H-pyrrole nitrogens is 2. The van der Waals surface area contributed by atoms with Crippen LogP contribution in [0.4, 0.5) is 0 Å². The molecule has 0 aliphatic rings. The van der Waals surface area contributed by atoms with E-state index in [4.69, 9.17) is 5.11 Å². The molecule has 2 aromatic rings. The number of nitrogens with zero attached hydrogens (tertiary/aromatic N) is 2. The first kappa shape index (κ1) is 16.0. The molecule has 3 unspecified atom stereocenters. The van der Waals surface area contributed by atoms with Crippen LogP contribution in [0.2, 0.25) is 0 Å². The predicted molar refractivity (Wildman–Crippen MR) is 72.4 cm³/mol. The van der Waals surface area contributed by atoms with E-state index < -0.39 is 48.3 Å². The second kappa shape index (κ2) is 6.19. The molecule has 0 radical (unpaired) electrons. The molecule has 22 heavy (non-hydrogen) atoms. The Hall–Kier alpha value is -2.34. The highest BCUT2D eigenvalue weighted by Gasteiger charge is 2.25. The summed E-state index contributed by atoms with van der Waals surface area (Å²) < 4.78 is 0.830. The van der Waals surface area contributed by atoms with Gasteiger partial charge in [-0.05, 0) is 0 Å². The van der Waals surface area contributed by atoms with E-state index in [0.717, 1.165) is 10.8 Å². The molecule has 0 amide bonds. The van der Waals surface area contributed by atoms with Crippen LogP contribution in [0.15, 0.2) is 20.6 Å². The van der Waals surface area contributed by atoms with E-state index in [2.05, 4.69) is 9.97 Å². The van der Waals surface area contributed by atoms with E-state index in [1.807, 2.05) is 4.98 Å². The molecule has 0 aromatic carbocycles. The zero-order valence-corrected chi connectivity index (χ0v) is 11.1. The molecular formula is C11H14N4O7. The Labute approximate surface area is 121 Å². The third-order valence-corrected chi connectivity index (χ3v) is 3.08. The van der Waals surface area contributed by atoms with Crippen molar-refractivity contribution in [2.75, 3.05) is 6.61 Å². The SMILES string of the molecule is O=c1[nH]c(=O)c2ncc(=O)n(CC(O)C(O)C(O)CO)c2[nH]1. The molecule has 2 aromatic heterocycles. The number of rotatable bonds is 5. The van der Waals surface area contributed by atoms with Crippen LogP contribution in [0.5, 0.6) is 0 Å². The topological polar surface area (TPSA) is 182 Å². The van der Waals surface area contributed by atoms with Gasteiger partial charge < -0.3 is 20.4 Å². The first-order valence-corrected chi connectivity index (χ1v) is 6.22. The van der Waals surface area contributed by atoms with Gasteiger partial charge in [-0.2, -0.15) is 0 Å². The highest BCUT2D eigenvalue weighted by Crippen LogP contribution is 2.05. The second-order valence-electron chi connectivity index (χ2n) is 4.62. The second-order valence-corrected chi connectivity index (χ2v) is 4.62. The summed E-state index contributed by atoms with van der Waals surface area (Å²) in [6.45, 7) is -1.32. The quantitative estimate of drug-likeness (QED) is 0.321. The van der Waals surface area contributed by atoms with Gasteiger partial charge in [-0.25, -0.2) is 9.78 Å². The van der Waals surface area contributed by atoms with E-state index in [1.54, 1.807) is 0 Å². The van der Waals surface area contributed by atoms with Gasteiger partial charge in [0.1, 0.15) is 24.0 Å². The van der Waals surface area contributed by atoms with Gasteiger partial charge in [0, 0.05) is 0 Å². The van der Waals surface area contributed by atoms with Gasteiger partial charge in [-0.3, -0.25) is 24.1 Å². The van der Waals surface area contributed by atoms with Crippen LogP contribution in [0.3, 0.4) is 0 Å². The maximum atomic E-state index is 11.8. The molecule has 2 heterocycles. The molecule has 3 atom stereocenters. The normalized spacial score (nSPS) is 15.6. The Morgan fingerprint density at radius 2 is 1.82 bits per heavy atom. The Kier molecular flexibility index (Phi) is 4.51. The van der Waals surface area contributed by atoms with Crippen LogP contribution in [0, 0.1) is 0 Å². The van der Waals surface area contributed by atoms with E-state index in [0.29, 0.717) is 0 Å². The van der Waals surface area contributed by atoms with Gasteiger partial charge in [-0.15, -0.1) is 0 Å². The number of aliphatic hydroxyl groups excluding tert-OH is 4. The number of hydrogen-bond acceptors (Lipinski definition) is 8. The molecule has 0 saturated carbocycles. The Morgan fingerprint density at radius 1 is 1.14 bits per heavy atom. The minimum atomic E-state index is -1.73. The number of aromatic nitrogens is 4. The van der Waals surface area contributed by atoms with Crippen LogP contribution >= 0.6 is 0 Å². The van der Waals surface area contributed by atoms with E-state index in [1.165, 1.54) is 0 Å². The van der Waals surface area contributed by atoms with Crippen molar-refractivity contribution in [2.24, 2.45) is 0 Å². The van der Waals surface area contributed by atoms with Crippen molar-refractivity contribution < 1.29 is 20.4 Å². The fourth-order valence-electron chi connectivity index (χ4n) is 1.92. The van der Waals surface area contributed by atoms with Gasteiger partial charge in [0.2, 0.25) is 0 Å². The summed E-state index contributed by atoms with van der Waals surface area (Å²) in [7, 11) is 0. The average molecular weight is 314 g/mol. The molecular weight excluding hydrogens is 300 g/mol. The molecule has 120 valence electrons. The zero-order chi connectivity index (χ0) is 16.4. The highest BCUT2D eigenvalue weighted by atomic mass is 16.4. The summed E-state index contributed by atoms with van der Waals surface area (Å²) in [6, 6.07) is 0. The van der Waals surface area contributed by atoms with E-state index in [9.17, 15) is 29.7 Å². The number of fused-ring (bicyclic) bond motifs is 1. The number of aromatic amines is 2. The lowest BCUT2D eigenvalue weighted by Crippen LogP contribution is -2.43. The van der Waals surface area contributed by atoms with Crippen molar-refractivity contribution in [3.8, 4) is 0 Å². The molecule has 0 saturated heterocycles. The van der Waals surface area contributed by atoms with Crippen molar-refractivity contribution >= 4 is 11.2 Å². The molecule has 11 nitrogen and oxygen atoms in total. The minimum Gasteiger partial charge on any atom is -0.394 e. The van der Waals surface area contributed by atoms with Crippen LogP contribution in [-0.4, -0.2) is 64.9 Å². The third kappa shape index (κ3) is 2.96. The largest absolute Gasteiger partial charge is 0.394 e. The Balaban J connectivity index is 2.51. The van der Waals surface area contributed by atoms with Crippen molar-refractivity contribution in [1.82, 2.24) is 19.5 Å². The molecule has 0 aliphatic heterocycles. The van der Waals surface area contributed by atoms with Crippen LogP contribution in [0.25, 0.3) is 11.2 Å². The lowest BCUT2D eigenvalue weighted by Gasteiger charge is -2.22. The van der Waals surface area contributed by atoms with Crippen molar-refractivity contribution in [3.63, 3.8) is 0 Å². The van der Waals surface area contributed by atoms with E-state index in [-0.39, 0.29) is 11.2 Å². The summed E-state index contributed by atoms with van der Waals surface area (Å²) in [5, 5.41) is 37.4. The van der Waals surface area contributed by atoms with Crippen molar-refractivity contribution in [1.29, 1.82) is 0 Å². The lowest BCUT2D eigenvalue weighted by molar-refractivity contribution is -0.0805. The number of hydrogen-bond donors (Lipinski definition) is 6. The maximum absolute atomic E-state index is 11.8. The fraction of sp³-hybridized carbons (Fsp3) is 0.455. The number of nitrogens with one attached hydrogen (secondary N) is 2. The van der Waals surface area contributed by atoms with Crippen LogP contribution in [0.1, 0.15) is 0 Å². The monoisotopic (exact) mass is 314 g/mol. The summed E-state index contributed by atoms with van der Waals surface area (Å²) in [4.78, 5) is 42.5.